The van der Waals surface area contributed by atoms with Gasteiger partial charge >= 0.3 is 0 Å². The van der Waals surface area contributed by atoms with Gasteiger partial charge in [-0.25, -0.2) is 8.42 Å². The molecule has 0 bridgehead atoms. The number of amides is 2. The van der Waals surface area contributed by atoms with Gasteiger partial charge in [0.25, 0.3) is 0 Å². The summed E-state index contributed by atoms with van der Waals surface area (Å²) in [6.07, 6.45) is -0.553. The van der Waals surface area contributed by atoms with Crippen LogP contribution < -0.4 is 4.74 Å². The Morgan fingerprint density at radius 2 is 1.80 bits per heavy atom. The van der Waals surface area contributed by atoms with E-state index in [0.29, 0.717) is 5.02 Å². The predicted molar refractivity (Wildman–Crippen MR) is 133 cm³/mol. The van der Waals surface area contributed by atoms with Gasteiger partial charge < -0.3 is 14.5 Å². The van der Waals surface area contributed by atoms with Crippen LogP contribution in [0.5, 0.6) is 5.75 Å². The van der Waals surface area contributed by atoms with E-state index < -0.39 is 22.2 Å². The highest BCUT2D eigenvalue weighted by Crippen LogP contribution is 2.35. The second kappa shape index (κ2) is 9.79. The first-order valence-corrected chi connectivity index (χ1v) is 13.4. The summed E-state index contributed by atoms with van der Waals surface area (Å²) < 4.78 is 34.6. The molecule has 4 rings (SSSR count). The van der Waals surface area contributed by atoms with Gasteiger partial charge in [-0.2, -0.15) is 4.31 Å². The van der Waals surface area contributed by atoms with Gasteiger partial charge in [-0.1, -0.05) is 29.8 Å². The van der Waals surface area contributed by atoms with E-state index in [1.165, 1.54) is 16.3 Å². The number of methoxy groups -OCH3 is 1. The van der Waals surface area contributed by atoms with E-state index in [4.69, 9.17) is 16.3 Å². The fourth-order valence-electron chi connectivity index (χ4n) is 4.81. The molecule has 188 valence electrons. The molecule has 2 aliphatic heterocycles. The van der Waals surface area contributed by atoms with E-state index in [2.05, 4.69) is 0 Å². The second-order valence-electron chi connectivity index (χ2n) is 9.23. The maximum atomic E-state index is 13.9. The van der Waals surface area contributed by atoms with Crippen molar-refractivity contribution in [1.82, 2.24) is 14.1 Å². The van der Waals surface area contributed by atoms with Crippen LogP contribution in [0.1, 0.15) is 31.4 Å². The molecule has 0 saturated carbocycles. The number of hydrogen-bond acceptors (Lipinski definition) is 5. The van der Waals surface area contributed by atoms with Crippen molar-refractivity contribution < 1.29 is 22.7 Å². The maximum absolute atomic E-state index is 13.9. The molecular formula is C25H30ClN3O5S. The van der Waals surface area contributed by atoms with Gasteiger partial charge in [-0.15, -0.1) is 0 Å². The number of halogens is 1. The number of carbonyl (C=O) groups is 2. The molecule has 2 unspecified atom stereocenters. The summed E-state index contributed by atoms with van der Waals surface area (Å²) in [7, 11) is -2.60. The van der Waals surface area contributed by atoms with Crippen molar-refractivity contribution in [3.63, 3.8) is 0 Å². The number of rotatable bonds is 6. The molecular weight excluding hydrogens is 490 g/mol. The van der Waals surface area contributed by atoms with E-state index in [0.717, 1.165) is 11.1 Å². The third kappa shape index (κ3) is 4.77. The summed E-state index contributed by atoms with van der Waals surface area (Å²) in [4.78, 5) is 29.9. The van der Waals surface area contributed by atoms with Gasteiger partial charge in [0.15, 0.2) is 0 Å². The van der Waals surface area contributed by atoms with Crippen LogP contribution in [0.4, 0.5) is 0 Å². The molecule has 10 heteroatoms. The summed E-state index contributed by atoms with van der Waals surface area (Å²) in [6.45, 7) is 5.73. The quantitative estimate of drug-likeness (QED) is 0.585. The highest BCUT2D eigenvalue weighted by Gasteiger charge is 2.51. The summed E-state index contributed by atoms with van der Waals surface area (Å²) >= 11 is 6.02. The molecule has 35 heavy (non-hydrogen) atoms. The average molecular weight is 520 g/mol. The van der Waals surface area contributed by atoms with Gasteiger partial charge in [-0.05, 0) is 56.2 Å². The van der Waals surface area contributed by atoms with E-state index >= 15 is 0 Å². The number of aryl methyl sites for hydroxylation is 1. The third-order valence-corrected chi connectivity index (χ3v) is 8.79. The Morgan fingerprint density at radius 3 is 2.43 bits per heavy atom. The lowest BCUT2D eigenvalue weighted by molar-refractivity contribution is -0.166. The minimum absolute atomic E-state index is 0.00403. The largest absolute Gasteiger partial charge is 0.495 e. The molecule has 0 radical (unpaired) electrons. The van der Waals surface area contributed by atoms with Crippen molar-refractivity contribution in [3.8, 4) is 5.75 Å². The summed E-state index contributed by atoms with van der Waals surface area (Å²) in [5, 5.41) is 0.573. The summed E-state index contributed by atoms with van der Waals surface area (Å²) in [5.74, 6) is -0.176. The minimum atomic E-state index is -4.03. The van der Waals surface area contributed by atoms with Crippen molar-refractivity contribution >= 4 is 33.4 Å². The molecule has 0 aliphatic carbocycles. The zero-order valence-corrected chi connectivity index (χ0v) is 21.8. The number of hydrogen-bond donors (Lipinski definition) is 0. The Balaban J connectivity index is 1.78. The molecule has 8 nitrogen and oxygen atoms in total. The highest BCUT2D eigenvalue weighted by atomic mass is 35.5. The van der Waals surface area contributed by atoms with Crippen LogP contribution in [0.2, 0.25) is 5.02 Å². The van der Waals surface area contributed by atoms with Crippen molar-refractivity contribution in [3.05, 3.63) is 58.6 Å². The molecule has 2 heterocycles. The topological polar surface area (TPSA) is 87.2 Å². The van der Waals surface area contributed by atoms with Crippen LogP contribution in [0.25, 0.3) is 0 Å². The summed E-state index contributed by atoms with van der Waals surface area (Å²) in [5.41, 5.74) is 1.61. The first kappa shape index (κ1) is 25.5. The first-order chi connectivity index (χ1) is 16.5. The van der Waals surface area contributed by atoms with Crippen molar-refractivity contribution in [2.45, 2.75) is 56.8 Å². The molecule has 2 saturated heterocycles. The Bertz CT molecular complexity index is 1230. The fraction of sp³-hybridized carbons (Fsp3) is 0.440. The molecule has 2 amide bonds. The Kier molecular flexibility index (Phi) is 7.13. The van der Waals surface area contributed by atoms with Gasteiger partial charge in [0.1, 0.15) is 22.9 Å². The monoisotopic (exact) mass is 519 g/mol. The Labute approximate surface area is 211 Å². The second-order valence-corrected chi connectivity index (χ2v) is 11.5. The van der Waals surface area contributed by atoms with Crippen LogP contribution in [-0.2, 0) is 26.0 Å². The predicted octanol–water partition coefficient (Wildman–Crippen LogP) is 3.07. The molecule has 0 N–H and O–H groups in total. The first-order valence-electron chi connectivity index (χ1n) is 11.6. The number of ether oxygens (including phenoxy) is 1. The standard InChI is InChI=1S/C25H30ClN3O5S/c1-16(2)27-15-23-28(35(32,33)22-13-17(3)5-10-21(22)34-4)12-11-24(30)29(23)20(25(27)31)14-18-6-8-19(26)9-7-18/h5-10,13,16,20,23H,11-12,14-15H2,1-4H3. The van der Waals surface area contributed by atoms with Gasteiger partial charge in [-0.3, -0.25) is 9.59 Å². The maximum Gasteiger partial charge on any atom is 0.248 e. The smallest absolute Gasteiger partial charge is 0.248 e. The minimum Gasteiger partial charge on any atom is -0.495 e. The van der Waals surface area contributed by atoms with Crippen molar-refractivity contribution in [1.29, 1.82) is 0 Å². The molecule has 2 aromatic carbocycles. The van der Waals surface area contributed by atoms with Crippen LogP contribution in [0, 0.1) is 6.92 Å². The fourth-order valence-corrected chi connectivity index (χ4v) is 6.75. The number of benzene rings is 2. The lowest BCUT2D eigenvalue weighted by Gasteiger charge is -2.52. The highest BCUT2D eigenvalue weighted by molar-refractivity contribution is 7.89. The molecule has 0 aromatic heterocycles. The average Bonchev–Trinajstić information content (AvgIpc) is 2.81. The molecule has 2 aliphatic rings. The van der Waals surface area contributed by atoms with E-state index in [1.54, 1.807) is 35.2 Å². The zero-order valence-electron chi connectivity index (χ0n) is 20.3. The van der Waals surface area contributed by atoms with Crippen molar-refractivity contribution in [2.24, 2.45) is 0 Å². The number of fused-ring (bicyclic) bond motifs is 1. The summed E-state index contributed by atoms with van der Waals surface area (Å²) in [6, 6.07) is 11.1. The number of carbonyl (C=O) groups excluding carboxylic acids is 2. The number of nitrogens with zero attached hydrogens (tertiary/aromatic N) is 3. The molecule has 0 spiro atoms. The van der Waals surface area contributed by atoms with Crippen molar-refractivity contribution in [2.75, 3.05) is 20.2 Å². The van der Waals surface area contributed by atoms with Crippen LogP contribution in [-0.4, -0.2) is 72.8 Å². The molecule has 2 aromatic rings. The number of piperazine rings is 1. The van der Waals surface area contributed by atoms with Crippen LogP contribution >= 0.6 is 11.6 Å². The van der Waals surface area contributed by atoms with E-state index in [1.807, 2.05) is 32.9 Å². The third-order valence-electron chi connectivity index (χ3n) is 6.62. The van der Waals surface area contributed by atoms with Crippen LogP contribution in [0.3, 0.4) is 0 Å². The number of sulfonamides is 1. The zero-order chi connectivity index (χ0) is 25.5. The van der Waals surface area contributed by atoms with Gasteiger partial charge in [0, 0.05) is 30.5 Å². The van der Waals surface area contributed by atoms with E-state index in [-0.39, 0.29) is 54.4 Å². The lowest BCUT2D eigenvalue weighted by atomic mass is 9.97. The van der Waals surface area contributed by atoms with Gasteiger partial charge in [0.05, 0.1) is 13.7 Å². The van der Waals surface area contributed by atoms with Crippen LogP contribution in [0.15, 0.2) is 47.4 Å². The molecule has 2 atom stereocenters. The Morgan fingerprint density at radius 1 is 1.11 bits per heavy atom. The lowest BCUT2D eigenvalue weighted by Crippen LogP contribution is -2.72. The normalized spacial score (nSPS) is 21.4. The SMILES string of the molecule is COc1ccc(C)cc1S(=O)(=O)N1CCC(=O)N2C(Cc3ccc(Cl)cc3)C(=O)N(C(C)C)CC21. The van der Waals surface area contributed by atoms with Gasteiger partial charge in [0.2, 0.25) is 21.8 Å². The van der Waals surface area contributed by atoms with E-state index in [9.17, 15) is 18.0 Å². The Hall–Kier alpha value is -2.62. The molecule has 2 fully saturated rings.